The minimum absolute atomic E-state index is 0.0199. The van der Waals surface area contributed by atoms with Gasteiger partial charge in [-0.15, -0.1) is 0 Å². The maximum Gasteiger partial charge on any atom is 0.255 e. The molecule has 3 N–H and O–H groups in total. The zero-order chi connectivity index (χ0) is 13.9. The number of amides is 1. The van der Waals surface area contributed by atoms with Gasteiger partial charge in [0.25, 0.3) is 5.91 Å². The van der Waals surface area contributed by atoms with Crippen LogP contribution in [0.3, 0.4) is 0 Å². The van der Waals surface area contributed by atoms with Crippen LogP contribution < -0.4 is 11.1 Å². The van der Waals surface area contributed by atoms with E-state index in [1.54, 1.807) is 0 Å². The van der Waals surface area contributed by atoms with Crippen molar-refractivity contribution >= 4 is 5.91 Å². The number of nitrogens with two attached hydrogens (primary N) is 1. The second-order valence-electron chi connectivity index (χ2n) is 5.25. The van der Waals surface area contributed by atoms with Crippen molar-refractivity contribution in [3.05, 3.63) is 22.6 Å². The molecule has 1 aromatic heterocycles. The molecule has 0 fully saturated rings. The van der Waals surface area contributed by atoms with Crippen LogP contribution in [-0.2, 0) is 0 Å². The molecular weight excluding hydrogens is 228 g/mol. The number of hydrogen-bond acceptors (Lipinski definition) is 3. The van der Waals surface area contributed by atoms with E-state index in [2.05, 4.69) is 19.2 Å². The normalized spacial score (nSPS) is 12.8. The van der Waals surface area contributed by atoms with Crippen LogP contribution in [0.15, 0.2) is 4.42 Å². The first-order valence-electron chi connectivity index (χ1n) is 6.44. The lowest BCUT2D eigenvalue weighted by Crippen LogP contribution is -2.41. The fourth-order valence-electron chi connectivity index (χ4n) is 2.17. The minimum Gasteiger partial charge on any atom is -0.466 e. The van der Waals surface area contributed by atoms with E-state index in [1.807, 2.05) is 20.8 Å². The zero-order valence-electron chi connectivity index (χ0n) is 12.0. The fourth-order valence-corrected chi connectivity index (χ4v) is 2.17. The first-order valence-corrected chi connectivity index (χ1v) is 6.44. The van der Waals surface area contributed by atoms with Gasteiger partial charge in [0.15, 0.2) is 0 Å². The average molecular weight is 252 g/mol. The van der Waals surface area contributed by atoms with Gasteiger partial charge in [0.05, 0.1) is 5.56 Å². The molecule has 0 saturated carbocycles. The molecular formula is C14H24N2O2. The summed E-state index contributed by atoms with van der Waals surface area (Å²) in [4.78, 5) is 12.2. The van der Waals surface area contributed by atoms with Crippen molar-refractivity contribution < 1.29 is 9.21 Å². The molecule has 1 aromatic rings. The Kier molecular flexibility index (Phi) is 4.96. The first-order chi connectivity index (χ1) is 8.36. The number of carbonyl (C=O) groups excluding carboxylic acids is 1. The summed E-state index contributed by atoms with van der Waals surface area (Å²) in [6, 6.07) is 0.0199. The highest BCUT2D eigenvalue weighted by Crippen LogP contribution is 2.20. The van der Waals surface area contributed by atoms with Crippen molar-refractivity contribution in [2.45, 2.75) is 47.1 Å². The van der Waals surface area contributed by atoms with Gasteiger partial charge in [0.1, 0.15) is 11.5 Å². The van der Waals surface area contributed by atoms with E-state index in [-0.39, 0.29) is 11.9 Å². The molecule has 18 heavy (non-hydrogen) atoms. The van der Waals surface area contributed by atoms with Gasteiger partial charge in [-0.3, -0.25) is 4.79 Å². The molecule has 0 radical (unpaired) electrons. The summed E-state index contributed by atoms with van der Waals surface area (Å²) in [5.41, 5.74) is 7.25. The Morgan fingerprint density at radius 1 is 1.28 bits per heavy atom. The summed E-state index contributed by atoms with van der Waals surface area (Å²) in [5.74, 6) is 1.89. The Morgan fingerprint density at radius 2 is 1.89 bits per heavy atom. The van der Waals surface area contributed by atoms with Crippen LogP contribution in [0.5, 0.6) is 0 Å². The molecule has 1 unspecified atom stereocenters. The monoisotopic (exact) mass is 252 g/mol. The van der Waals surface area contributed by atoms with Crippen molar-refractivity contribution in [1.29, 1.82) is 0 Å². The second kappa shape index (κ2) is 6.05. The summed E-state index contributed by atoms with van der Waals surface area (Å²) in [6.07, 6.45) is 0.886. The third-order valence-electron chi connectivity index (χ3n) is 3.16. The largest absolute Gasteiger partial charge is 0.466 e. The highest BCUT2D eigenvalue weighted by atomic mass is 16.3. The Bertz CT molecular complexity index is 422. The lowest BCUT2D eigenvalue weighted by atomic mass is 10.0. The highest BCUT2D eigenvalue weighted by molar-refractivity contribution is 5.97. The third kappa shape index (κ3) is 3.35. The van der Waals surface area contributed by atoms with Gasteiger partial charge < -0.3 is 15.5 Å². The van der Waals surface area contributed by atoms with Gasteiger partial charge in [-0.25, -0.2) is 0 Å². The maximum absolute atomic E-state index is 12.2. The van der Waals surface area contributed by atoms with Crippen LogP contribution >= 0.6 is 0 Å². The topological polar surface area (TPSA) is 68.3 Å². The summed E-state index contributed by atoms with van der Waals surface area (Å²) in [6.45, 7) is 10.3. The lowest BCUT2D eigenvalue weighted by molar-refractivity contribution is 0.0931. The van der Waals surface area contributed by atoms with Gasteiger partial charge in [0.2, 0.25) is 0 Å². The quantitative estimate of drug-likeness (QED) is 0.845. The van der Waals surface area contributed by atoms with E-state index in [9.17, 15) is 4.79 Å². The predicted octanol–water partition coefficient (Wildman–Crippen LogP) is 2.31. The number of furan rings is 1. The van der Waals surface area contributed by atoms with Gasteiger partial charge in [-0.05, 0) is 33.1 Å². The Labute approximate surface area is 109 Å². The molecule has 1 heterocycles. The van der Waals surface area contributed by atoms with E-state index < -0.39 is 0 Å². The molecule has 0 aliphatic rings. The highest BCUT2D eigenvalue weighted by Gasteiger charge is 2.21. The maximum atomic E-state index is 12.2. The number of nitrogens with one attached hydrogen (secondary N) is 1. The molecule has 1 atom stereocenters. The predicted molar refractivity (Wildman–Crippen MR) is 72.7 cm³/mol. The third-order valence-corrected chi connectivity index (χ3v) is 3.16. The fraction of sp³-hybridized carbons (Fsp3) is 0.643. The number of rotatable bonds is 5. The molecule has 4 heteroatoms. The van der Waals surface area contributed by atoms with E-state index in [0.717, 1.165) is 17.7 Å². The number of aryl methyl sites for hydroxylation is 2. The Hall–Kier alpha value is -1.29. The molecule has 1 amide bonds. The molecule has 0 bridgehead atoms. The van der Waals surface area contributed by atoms with Crippen LogP contribution in [0.4, 0.5) is 0 Å². The standard InChI is InChI=1S/C14H24N2O2/c1-8(2)6-12(7-15)16-14(17)13-9(3)10(4)18-11(13)5/h8,12H,6-7,15H2,1-5H3,(H,16,17). The summed E-state index contributed by atoms with van der Waals surface area (Å²) >= 11 is 0. The molecule has 0 aromatic carbocycles. The van der Waals surface area contributed by atoms with Gasteiger partial charge >= 0.3 is 0 Å². The van der Waals surface area contributed by atoms with Crippen LogP contribution in [0.2, 0.25) is 0 Å². The second-order valence-corrected chi connectivity index (χ2v) is 5.25. The molecule has 0 saturated heterocycles. The van der Waals surface area contributed by atoms with Gasteiger partial charge in [-0.2, -0.15) is 0 Å². The molecule has 0 aliphatic heterocycles. The molecule has 4 nitrogen and oxygen atoms in total. The van der Waals surface area contributed by atoms with Crippen molar-refractivity contribution in [3.63, 3.8) is 0 Å². The van der Waals surface area contributed by atoms with Crippen molar-refractivity contribution in [2.24, 2.45) is 11.7 Å². The van der Waals surface area contributed by atoms with E-state index >= 15 is 0 Å². The summed E-state index contributed by atoms with van der Waals surface area (Å²) in [5, 5.41) is 2.99. The molecule has 0 aliphatic carbocycles. The van der Waals surface area contributed by atoms with Gasteiger partial charge in [0, 0.05) is 18.2 Å². The van der Waals surface area contributed by atoms with Crippen LogP contribution in [0, 0.1) is 26.7 Å². The summed E-state index contributed by atoms with van der Waals surface area (Å²) < 4.78 is 5.47. The molecule has 102 valence electrons. The van der Waals surface area contributed by atoms with E-state index in [1.165, 1.54) is 0 Å². The lowest BCUT2D eigenvalue weighted by Gasteiger charge is -2.18. The van der Waals surface area contributed by atoms with E-state index in [0.29, 0.717) is 23.8 Å². The van der Waals surface area contributed by atoms with Crippen LogP contribution in [0.1, 0.15) is 47.7 Å². The minimum atomic E-state index is -0.0852. The number of carbonyl (C=O) groups is 1. The molecule has 0 spiro atoms. The van der Waals surface area contributed by atoms with Gasteiger partial charge in [-0.1, -0.05) is 13.8 Å². The SMILES string of the molecule is Cc1oc(C)c(C(=O)NC(CN)CC(C)C)c1C. The average Bonchev–Trinajstić information content (AvgIpc) is 2.51. The van der Waals surface area contributed by atoms with Crippen LogP contribution in [0.25, 0.3) is 0 Å². The van der Waals surface area contributed by atoms with Crippen LogP contribution in [-0.4, -0.2) is 18.5 Å². The Morgan fingerprint density at radius 3 is 2.28 bits per heavy atom. The van der Waals surface area contributed by atoms with Crippen molar-refractivity contribution in [2.75, 3.05) is 6.54 Å². The Balaban J connectivity index is 2.81. The van der Waals surface area contributed by atoms with Crippen molar-refractivity contribution in [1.82, 2.24) is 5.32 Å². The number of hydrogen-bond donors (Lipinski definition) is 2. The van der Waals surface area contributed by atoms with Crippen molar-refractivity contribution in [3.8, 4) is 0 Å². The zero-order valence-corrected chi connectivity index (χ0v) is 12.0. The summed E-state index contributed by atoms with van der Waals surface area (Å²) in [7, 11) is 0. The molecule has 1 rings (SSSR count). The smallest absolute Gasteiger partial charge is 0.255 e. The van der Waals surface area contributed by atoms with E-state index in [4.69, 9.17) is 10.2 Å². The first kappa shape index (κ1) is 14.8.